The van der Waals surface area contributed by atoms with E-state index in [0.29, 0.717) is 10.6 Å². The van der Waals surface area contributed by atoms with Gasteiger partial charge in [-0.25, -0.2) is 0 Å². The summed E-state index contributed by atoms with van der Waals surface area (Å²) in [6, 6.07) is 14.2. The Balaban J connectivity index is 1.85. The highest BCUT2D eigenvalue weighted by Crippen LogP contribution is 2.32. The molecular formula is C21H18F2N2O4S. The van der Waals surface area contributed by atoms with Crippen LogP contribution < -0.4 is 19.7 Å². The lowest BCUT2D eigenvalue weighted by molar-refractivity contribution is -0.0511. The van der Waals surface area contributed by atoms with Crippen LogP contribution in [0.2, 0.25) is 0 Å². The van der Waals surface area contributed by atoms with Crippen molar-refractivity contribution in [2.24, 2.45) is 0 Å². The summed E-state index contributed by atoms with van der Waals surface area (Å²) < 4.78 is 34.7. The number of carbonyl (C=O) groups excluding carboxylic acids is 2. The minimum atomic E-state index is -3.04. The number of anilines is 2. The van der Waals surface area contributed by atoms with Gasteiger partial charge in [-0.3, -0.25) is 9.59 Å². The number of rotatable bonds is 7. The molecular weight excluding hydrogens is 414 g/mol. The Morgan fingerprint density at radius 3 is 2.50 bits per heavy atom. The van der Waals surface area contributed by atoms with E-state index in [2.05, 4.69) is 10.1 Å². The molecule has 0 radical (unpaired) electrons. The van der Waals surface area contributed by atoms with E-state index >= 15 is 0 Å². The molecule has 6 nitrogen and oxygen atoms in total. The van der Waals surface area contributed by atoms with Crippen LogP contribution in [0.15, 0.2) is 60.0 Å². The normalized spacial score (nSPS) is 10.6. The number of hydrogen-bond acceptors (Lipinski definition) is 5. The van der Waals surface area contributed by atoms with E-state index < -0.39 is 12.5 Å². The number of amides is 2. The first-order valence-electron chi connectivity index (χ1n) is 8.75. The summed E-state index contributed by atoms with van der Waals surface area (Å²) in [7, 11) is 2.90. The molecule has 1 heterocycles. The van der Waals surface area contributed by atoms with E-state index in [1.54, 1.807) is 48.8 Å². The number of ether oxygens (including phenoxy) is 2. The van der Waals surface area contributed by atoms with Crippen molar-refractivity contribution in [3.05, 3.63) is 70.4 Å². The van der Waals surface area contributed by atoms with Crippen LogP contribution in [0.5, 0.6) is 11.5 Å². The summed E-state index contributed by atoms with van der Waals surface area (Å²) in [6.07, 6.45) is 0. The van der Waals surface area contributed by atoms with E-state index in [1.807, 2.05) is 0 Å². The lowest BCUT2D eigenvalue weighted by Gasteiger charge is -2.20. The molecule has 2 aromatic carbocycles. The lowest BCUT2D eigenvalue weighted by Crippen LogP contribution is -2.28. The Labute approximate surface area is 175 Å². The third-order valence-electron chi connectivity index (χ3n) is 4.18. The number of nitrogens with zero attached hydrogens (tertiary/aromatic N) is 1. The number of halogens is 2. The molecule has 0 bridgehead atoms. The van der Waals surface area contributed by atoms with Gasteiger partial charge in [0, 0.05) is 18.8 Å². The Bertz CT molecular complexity index is 1040. The average molecular weight is 432 g/mol. The fourth-order valence-corrected chi connectivity index (χ4v) is 3.47. The second kappa shape index (κ2) is 9.36. The minimum Gasteiger partial charge on any atom is -0.493 e. The van der Waals surface area contributed by atoms with Crippen molar-refractivity contribution in [2.75, 3.05) is 24.4 Å². The lowest BCUT2D eigenvalue weighted by atomic mass is 10.1. The van der Waals surface area contributed by atoms with Crippen molar-refractivity contribution >= 4 is 34.5 Å². The number of carbonyl (C=O) groups is 2. The van der Waals surface area contributed by atoms with Gasteiger partial charge in [0.2, 0.25) is 0 Å². The zero-order chi connectivity index (χ0) is 21.7. The van der Waals surface area contributed by atoms with E-state index in [4.69, 9.17) is 4.74 Å². The number of nitrogens with one attached hydrogen (secondary N) is 1. The molecule has 0 atom stereocenters. The smallest absolute Gasteiger partial charge is 0.387 e. The summed E-state index contributed by atoms with van der Waals surface area (Å²) >= 11 is 1.30. The van der Waals surface area contributed by atoms with Crippen LogP contribution in [0.25, 0.3) is 0 Å². The van der Waals surface area contributed by atoms with Crippen LogP contribution in [-0.4, -0.2) is 32.6 Å². The van der Waals surface area contributed by atoms with Crippen molar-refractivity contribution in [1.29, 1.82) is 0 Å². The fourth-order valence-electron chi connectivity index (χ4n) is 2.77. The Morgan fingerprint density at radius 2 is 1.83 bits per heavy atom. The standard InChI is InChI=1S/C21H18F2N2O4S/c1-25(20(27)18-8-5-11-30-18)15-7-4-3-6-14(15)19(26)24-13-9-10-16(28-2)17(12-13)29-21(22)23/h3-12,21H,1-2H3,(H,24,26). The second-order valence-electron chi connectivity index (χ2n) is 6.06. The van der Waals surface area contributed by atoms with E-state index in [-0.39, 0.29) is 28.7 Å². The summed E-state index contributed by atoms with van der Waals surface area (Å²) in [5.41, 5.74) is 0.890. The molecule has 0 aliphatic rings. The zero-order valence-electron chi connectivity index (χ0n) is 16.1. The molecule has 3 aromatic rings. The summed E-state index contributed by atoms with van der Waals surface area (Å²) in [6.45, 7) is -3.04. The quantitative estimate of drug-likeness (QED) is 0.577. The predicted octanol–water partition coefficient (Wildman–Crippen LogP) is 4.89. The molecule has 0 saturated heterocycles. The second-order valence-corrected chi connectivity index (χ2v) is 7.00. The van der Waals surface area contributed by atoms with E-state index in [0.717, 1.165) is 0 Å². The third kappa shape index (κ3) is 4.74. The molecule has 0 unspecified atom stereocenters. The zero-order valence-corrected chi connectivity index (χ0v) is 16.9. The van der Waals surface area contributed by atoms with Gasteiger partial charge in [0.15, 0.2) is 11.5 Å². The molecule has 2 amide bonds. The summed E-state index contributed by atoms with van der Waals surface area (Å²) in [5, 5.41) is 4.43. The van der Waals surface area contributed by atoms with Gasteiger partial charge in [0.25, 0.3) is 11.8 Å². The number of methoxy groups -OCH3 is 1. The SMILES string of the molecule is COc1ccc(NC(=O)c2ccccc2N(C)C(=O)c2cccs2)cc1OC(F)F. The molecule has 0 aliphatic heterocycles. The van der Waals surface area contributed by atoms with Gasteiger partial charge in [-0.05, 0) is 35.7 Å². The number of alkyl halides is 2. The van der Waals surface area contributed by atoms with Gasteiger partial charge in [-0.2, -0.15) is 8.78 Å². The van der Waals surface area contributed by atoms with Crippen molar-refractivity contribution in [2.45, 2.75) is 6.61 Å². The molecule has 0 aliphatic carbocycles. The molecule has 0 spiro atoms. The fraction of sp³-hybridized carbons (Fsp3) is 0.143. The maximum absolute atomic E-state index is 12.9. The van der Waals surface area contributed by atoms with Crippen LogP contribution >= 0.6 is 11.3 Å². The number of hydrogen-bond donors (Lipinski definition) is 1. The topological polar surface area (TPSA) is 67.9 Å². The highest BCUT2D eigenvalue weighted by atomic mass is 32.1. The largest absolute Gasteiger partial charge is 0.493 e. The van der Waals surface area contributed by atoms with Crippen LogP contribution in [0.4, 0.5) is 20.2 Å². The first kappa shape index (κ1) is 21.3. The number of thiophene rings is 1. The monoisotopic (exact) mass is 432 g/mol. The summed E-state index contributed by atoms with van der Waals surface area (Å²) in [5.74, 6) is -0.856. The van der Waals surface area contributed by atoms with Crippen LogP contribution in [0.3, 0.4) is 0 Å². The molecule has 0 saturated carbocycles. The first-order chi connectivity index (χ1) is 14.4. The Kier molecular flexibility index (Phi) is 6.63. The Hall–Kier alpha value is -3.46. The van der Waals surface area contributed by atoms with Gasteiger partial charge in [0.05, 0.1) is 23.2 Å². The predicted molar refractivity (Wildman–Crippen MR) is 111 cm³/mol. The van der Waals surface area contributed by atoms with E-state index in [9.17, 15) is 18.4 Å². The van der Waals surface area contributed by atoms with Crippen LogP contribution in [-0.2, 0) is 0 Å². The molecule has 30 heavy (non-hydrogen) atoms. The highest BCUT2D eigenvalue weighted by Gasteiger charge is 2.21. The van der Waals surface area contributed by atoms with E-state index in [1.165, 1.54) is 41.5 Å². The molecule has 156 valence electrons. The maximum Gasteiger partial charge on any atom is 0.387 e. The van der Waals surface area contributed by atoms with Crippen LogP contribution in [0, 0.1) is 0 Å². The van der Waals surface area contributed by atoms with Gasteiger partial charge in [0.1, 0.15) is 0 Å². The van der Waals surface area contributed by atoms with Gasteiger partial charge >= 0.3 is 6.61 Å². The maximum atomic E-state index is 12.9. The average Bonchev–Trinajstić information content (AvgIpc) is 3.27. The molecule has 1 N–H and O–H groups in total. The molecule has 0 fully saturated rings. The summed E-state index contributed by atoms with van der Waals surface area (Å²) in [4.78, 5) is 27.5. The molecule has 1 aromatic heterocycles. The van der Waals surface area contributed by atoms with Crippen LogP contribution in [0.1, 0.15) is 20.0 Å². The van der Waals surface area contributed by atoms with Crippen molar-refractivity contribution in [3.8, 4) is 11.5 Å². The van der Waals surface area contributed by atoms with Crippen molar-refractivity contribution in [1.82, 2.24) is 0 Å². The van der Waals surface area contributed by atoms with Crippen molar-refractivity contribution in [3.63, 3.8) is 0 Å². The first-order valence-corrected chi connectivity index (χ1v) is 9.63. The van der Waals surface area contributed by atoms with Gasteiger partial charge in [-0.15, -0.1) is 11.3 Å². The molecule has 9 heteroatoms. The molecule has 3 rings (SSSR count). The van der Waals surface area contributed by atoms with Gasteiger partial charge in [-0.1, -0.05) is 18.2 Å². The van der Waals surface area contributed by atoms with Gasteiger partial charge < -0.3 is 19.7 Å². The van der Waals surface area contributed by atoms with Crippen molar-refractivity contribution < 1.29 is 27.8 Å². The Morgan fingerprint density at radius 1 is 1.07 bits per heavy atom. The number of para-hydroxylation sites is 1. The minimum absolute atomic E-state index is 0.106. The number of benzene rings is 2. The third-order valence-corrected chi connectivity index (χ3v) is 5.04. The highest BCUT2D eigenvalue weighted by molar-refractivity contribution is 7.12.